The zero-order chi connectivity index (χ0) is 17.5. The highest BCUT2D eigenvalue weighted by molar-refractivity contribution is 6.32. The molecule has 11 heteroatoms. The van der Waals surface area contributed by atoms with E-state index >= 15 is 0 Å². The van der Waals surface area contributed by atoms with Crippen molar-refractivity contribution in [2.75, 3.05) is 0 Å². The van der Waals surface area contributed by atoms with Gasteiger partial charge in [-0.15, -0.1) is 0 Å². The van der Waals surface area contributed by atoms with Crippen LogP contribution in [-0.2, 0) is 13.1 Å². The van der Waals surface area contributed by atoms with Crippen molar-refractivity contribution >= 4 is 17.1 Å². The average molecular weight is 360 g/mol. The molecule has 0 aromatic carbocycles. The van der Waals surface area contributed by atoms with Crippen LogP contribution in [0.15, 0.2) is 40.4 Å². The predicted molar refractivity (Wildman–Crippen MR) is 78.1 cm³/mol. The first kappa shape index (κ1) is 16.2. The predicted octanol–water partition coefficient (Wildman–Crippen LogP) is 1.32. The zero-order valence-electron chi connectivity index (χ0n) is 11.9. The van der Waals surface area contributed by atoms with Crippen LogP contribution in [0.3, 0.4) is 0 Å². The molecule has 3 aromatic heterocycles. The molecule has 0 amide bonds. The molecule has 126 valence electrons. The highest BCUT2D eigenvalue weighted by Gasteiger charge is 2.28. The second-order valence-corrected chi connectivity index (χ2v) is 5.35. The van der Waals surface area contributed by atoms with Gasteiger partial charge in [0.25, 0.3) is 5.56 Å². The Hall–Kier alpha value is -2.62. The maximum atomic E-state index is 12.5. The first-order chi connectivity index (χ1) is 11.2. The van der Waals surface area contributed by atoms with Gasteiger partial charge in [-0.25, -0.2) is 14.3 Å². The number of hydrogen-bond donors (Lipinski definition) is 0. The van der Waals surface area contributed by atoms with Gasteiger partial charge in [-0.3, -0.25) is 13.9 Å². The fraction of sp³-hybridized carbons (Fsp3) is 0.231. The third-order valence-corrected chi connectivity index (χ3v) is 3.54. The van der Waals surface area contributed by atoms with Crippen molar-refractivity contribution in [2.24, 2.45) is 0 Å². The van der Waals surface area contributed by atoms with Gasteiger partial charge in [0.15, 0.2) is 5.15 Å². The molecule has 0 N–H and O–H groups in total. The van der Waals surface area contributed by atoms with E-state index in [1.54, 1.807) is 6.07 Å². The summed E-state index contributed by atoms with van der Waals surface area (Å²) in [5, 5.41) is 4.09. The molecular formula is C13H9ClF3N5O2. The summed E-state index contributed by atoms with van der Waals surface area (Å²) >= 11 is 5.90. The largest absolute Gasteiger partial charge is 0.406 e. The van der Waals surface area contributed by atoms with Crippen LogP contribution in [0.2, 0.25) is 5.15 Å². The lowest BCUT2D eigenvalue weighted by molar-refractivity contribution is -0.141. The van der Waals surface area contributed by atoms with Crippen LogP contribution >= 0.6 is 11.6 Å². The summed E-state index contributed by atoms with van der Waals surface area (Å²) in [7, 11) is 0. The lowest BCUT2D eigenvalue weighted by Crippen LogP contribution is -2.41. The van der Waals surface area contributed by atoms with E-state index in [0.717, 1.165) is 12.3 Å². The van der Waals surface area contributed by atoms with E-state index in [4.69, 9.17) is 11.6 Å². The summed E-state index contributed by atoms with van der Waals surface area (Å²) in [6.07, 6.45) is -1.01. The molecule has 0 unspecified atom stereocenters. The molecule has 0 aliphatic rings. The van der Waals surface area contributed by atoms with E-state index in [0.29, 0.717) is 20.2 Å². The molecule has 0 saturated carbocycles. The van der Waals surface area contributed by atoms with E-state index in [1.165, 1.54) is 17.0 Å². The van der Waals surface area contributed by atoms with Crippen LogP contribution in [-0.4, -0.2) is 29.9 Å². The van der Waals surface area contributed by atoms with Crippen LogP contribution in [0.5, 0.6) is 0 Å². The van der Waals surface area contributed by atoms with Crippen LogP contribution in [0.4, 0.5) is 13.2 Å². The first-order valence-corrected chi connectivity index (χ1v) is 6.97. The second-order valence-electron chi connectivity index (χ2n) is 4.99. The highest BCUT2D eigenvalue weighted by Crippen LogP contribution is 2.17. The highest BCUT2D eigenvalue weighted by atomic mass is 35.5. The minimum Gasteiger partial charge on any atom is -0.291 e. The number of rotatable bonds is 3. The Bertz CT molecular complexity index is 1020. The number of alkyl halides is 3. The van der Waals surface area contributed by atoms with Crippen molar-refractivity contribution in [1.82, 2.24) is 23.7 Å². The van der Waals surface area contributed by atoms with Gasteiger partial charge in [-0.2, -0.15) is 18.3 Å². The minimum atomic E-state index is -4.57. The fourth-order valence-electron chi connectivity index (χ4n) is 2.24. The van der Waals surface area contributed by atoms with Crippen molar-refractivity contribution in [3.05, 3.63) is 62.4 Å². The van der Waals surface area contributed by atoms with Gasteiger partial charge in [-0.05, 0) is 11.6 Å². The quantitative estimate of drug-likeness (QED) is 0.707. The van der Waals surface area contributed by atoms with Crippen LogP contribution in [0.25, 0.3) is 5.52 Å². The molecule has 3 rings (SSSR count). The second kappa shape index (κ2) is 5.78. The lowest BCUT2D eigenvalue weighted by atomic mass is 10.3. The number of nitrogens with zero attached hydrogens (tertiary/aromatic N) is 5. The molecule has 0 aliphatic carbocycles. The van der Waals surface area contributed by atoms with E-state index in [9.17, 15) is 22.8 Å². The lowest BCUT2D eigenvalue weighted by Gasteiger charge is -2.11. The standard InChI is InChI=1S/C13H9ClF3N5O2/c14-11-9-3-8(5-22(9)19-7-18-11)4-21-10(23)1-2-20(12(21)24)6-13(15,16)17/h1-3,5,7H,4,6H2. The summed E-state index contributed by atoms with van der Waals surface area (Å²) in [4.78, 5) is 27.8. The fourth-order valence-corrected chi connectivity index (χ4v) is 2.42. The Labute approximate surface area is 136 Å². The zero-order valence-corrected chi connectivity index (χ0v) is 12.6. The Morgan fingerprint density at radius 2 is 2.00 bits per heavy atom. The van der Waals surface area contributed by atoms with Gasteiger partial charge in [-0.1, -0.05) is 11.6 Å². The van der Waals surface area contributed by atoms with Crippen molar-refractivity contribution in [2.45, 2.75) is 19.3 Å². The number of aromatic nitrogens is 5. The van der Waals surface area contributed by atoms with E-state index in [-0.39, 0.29) is 11.7 Å². The summed E-state index contributed by atoms with van der Waals surface area (Å²) in [5.74, 6) is 0. The third-order valence-electron chi connectivity index (χ3n) is 3.25. The summed E-state index contributed by atoms with van der Waals surface area (Å²) < 4.78 is 40.0. The van der Waals surface area contributed by atoms with Crippen LogP contribution in [0, 0.1) is 0 Å². The number of halogens is 4. The molecule has 0 atom stereocenters. The first-order valence-electron chi connectivity index (χ1n) is 6.59. The SMILES string of the molecule is O=c1ccn(CC(F)(F)F)c(=O)n1Cc1cc2c(Cl)ncnn2c1. The van der Waals surface area contributed by atoms with Crippen molar-refractivity contribution in [1.29, 1.82) is 0 Å². The smallest absolute Gasteiger partial charge is 0.291 e. The van der Waals surface area contributed by atoms with E-state index < -0.39 is 24.0 Å². The summed E-state index contributed by atoms with van der Waals surface area (Å²) in [5.41, 5.74) is -0.826. The van der Waals surface area contributed by atoms with Gasteiger partial charge in [0, 0.05) is 18.5 Å². The molecule has 0 fully saturated rings. The molecule has 24 heavy (non-hydrogen) atoms. The third kappa shape index (κ3) is 3.18. The van der Waals surface area contributed by atoms with Gasteiger partial charge < -0.3 is 0 Å². The Morgan fingerprint density at radius 3 is 2.67 bits per heavy atom. The summed E-state index contributed by atoms with van der Waals surface area (Å²) in [6.45, 7) is -1.68. The number of fused-ring (bicyclic) bond motifs is 1. The summed E-state index contributed by atoms with van der Waals surface area (Å²) in [6, 6.07) is 2.46. The Balaban J connectivity index is 2.02. The minimum absolute atomic E-state index is 0.172. The van der Waals surface area contributed by atoms with Crippen LogP contribution < -0.4 is 11.2 Å². The molecular weight excluding hydrogens is 351 g/mol. The van der Waals surface area contributed by atoms with Crippen molar-refractivity contribution in [3.8, 4) is 0 Å². The average Bonchev–Trinajstić information content (AvgIpc) is 2.90. The maximum Gasteiger partial charge on any atom is 0.406 e. The molecule has 0 aliphatic heterocycles. The molecule has 3 heterocycles. The molecule has 7 nitrogen and oxygen atoms in total. The van der Waals surface area contributed by atoms with Crippen LogP contribution in [0.1, 0.15) is 5.56 Å². The van der Waals surface area contributed by atoms with Crippen molar-refractivity contribution in [3.63, 3.8) is 0 Å². The molecule has 0 saturated heterocycles. The molecule has 0 spiro atoms. The van der Waals surface area contributed by atoms with Gasteiger partial charge >= 0.3 is 11.9 Å². The maximum absolute atomic E-state index is 12.5. The monoisotopic (exact) mass is 359 g/mol. The molecule has 0 bridgehead atoms. The van der Waals surface area contributed by atoms with Crippen molar-refractivity contribution < 1.29 is 13.2 Å². The number of hydrogen-bond acceptors (Lipinski definition) is 4. The molecule has 0 radical (unpaired) electrons. The van der Waals surface area contributed by atoms with Gasteiger partial charge in [0.2, 0.25) is 0 Å². The Kier molecular flexibility index (Phi) is 3.91. The van der Waals surface area contributed by atoms with E-state index in [2.05, 4.69) is 10.1 Å². The van der Waals surface area contributed by atoms with Gasteiger partial charge in [0.05, 0.1) is 6.54 Å². The normalized spacial score (nSPS) is 12.0. The topological polar surface area (TPSA) is 74.2 Å². The Morgan fingerprint density at radius 1 is 1.25 bits per heavy atom. The van der Waals surface area contributed by atoms with Gasteiger partial charge in [0.1, 0.15) is 18.4 Å². The molecule has 3 aromatic rings. The van der Waals surface area contributed by atoms with E-state index in [1.807, 2.05) is 0 Å².